The Hall–Kier alpha value is -1.55. The quantitative estimate of drug-likeness (QED) is 0.351. The van der Waals surface area contributed by atoms with Crippen molar-refractivity contribution in [2.24, 2.45) is 4.99 Å². The molecular weight excluding hydrogens is 475 g/mol. The lowest BCUT2D eigenvalue weighted by molar-refractivity contribution is 0.382. The van der Waals surface area contributed by atoms with E-state index in [2.05, 4.69) is 29.0 Å². The van der Waals surface area contributed by atoms with E-state index in [0.717, 1.165) is 40.3 Å². The Morgan fingerprint density at radius 2 is 2.00 bits per heavy atom. The molecule has 0 unspecified atom stereocenters. The topological polar surface area (TPSA) is 59.0 Å². The first-order valence-corrected chi connectivity index (χ1v) is 9.43. The lowest BCUT2D eigenvalue weighted by Gasteiger charge is -2.23. The number of aromatic nitrogens is 1. The summed E-state index contributed by atoms with van der Waals surface area (Å²) in [6, 6.07) is 5.86. The third kappa shape index (κ3) is 6.53. The second-order valence-corrected chi connectivity index (χ2v) is 7.24. The van der Waals surface area contributed by atoms with Crippen LogP contribution in [0.5, 0.6) is 11.5 Å². The van der Waals surface area contributed by atoms with Crippen LogP contribution < -0.4 is 14.8 Å². The van der Waals surface area contributed by atoms with Gasteiger partial charge in [0.1, 0.15) is 16.5 Å². The molecule has 0 amide bonds. The molecule has 2 rings (SSSR count). The first-order valence-electron chi connectivity index (χ1n) is 8.61. The first kappa shape index (κ1) is 23.5. The predicted octanol–water partition coefficient (Wildman–Crippen LogP) is 3.99. The summed E-state index contributed by atoms with van der Waals surface area (Å²) in [5.41, 5.74) is 2.16. The van der Waals surface area contributed by atoms with Crippen LogP contribution in [0.4, 0.5) is 0 Å². The van der Waals surface area contributed by atoms with Gasteiger partial charge in [0.15, 0.2) is 5.96 Å². The molecule has 0 saturated carbocycles. The van der Waals surface area contributed by atoms with Gasteiger partial charge in [-0.25, -0.2) is 9.98 Å². The van der Waals surface area contributed by atoms with E-state index in [1.165, 1.54) is 4.88 Å². The number of thiazole rings is 1. The normalized spacial score (nSPS) is 11.0. The molecule has 0 aliphatic heterocycles. The Morgan fingerprint density at radius 1 is 1.26 bits per heavy atom. The van der Waals surface area contributed by atoms with Crippen molar-refractivity contribution in [3.05, 3.63) is 39.3 Å². The monoisotopic (exact) mass is 504 g/mol. The van der Waals surface area contributed by atoms with Crippen LogP contribution in [0, 0.1) is 13.8 Å². The van der Waals surface area contributed by atoms with Gasteiger partial charge in [0.25, 0.3) is 0 Å². The van der Waals surface area contributed by atoms with Gasteiger partial charge in [0, 0.05) is 36.6 Å². The largest absolute Gasteiger partial charge is 0.497 e. The molecule has 0 radical (unpaired) electrons. The predicted molar refractivity (Wildman–Crippen MR) is 123 cm³/mol. The number of guanidine groups is 1. The maximum atomic E-state index is 5.50. The van der Waals surface area contributed by atoms with Crippen molar-refractivity contribution in [3.8, 4) is 11.5 Å². The Kier molecular flexibility index (Phi) is 9.86. The molecule has 0 fully saturated rings. The average Bonchev–Trinajstić information content (AvgIpc) is 2.96. The Labute approximate surface area is 183 Å². The van der Waals surface area contributed by atoms with Gasteiger partial charge in [-0.3, -0.25) is 0 Å². The number of aliphatic imine (C=N–C) groups is 1. The molecular formula is C19H29IN4O2S. The summed E-state index contributed by atoms with van der Waals surface area (Å²) in [5, 5.41) is 4.37. The number of methoxy groups -OCH3 is 2. The molecule has 2 aromatic rings. The van der Waals surface area contributed by atoms with Crippen LogP contribution in [-0.4, -0.2) is 43.7 Å². The maximum Gasteiger partial charge on any atom is 0.194 e. The van der Waals surface area contributed by atoms with Gasteiger partial charge in [0.05, 0.1) is 26.5 Å². The maximum absolute atomic E-state index is 5.50. The molecule has 0 aliphatic rings. The summed E-state index contributed by atoms with van der Waals surface area (Å²) in [6.45, 7) is 8.24. The molecule has 1 N–H and O–H groups in total. The third-order valence-corrected chi connectivity index (χ3v) is 5.09. The van der Waals surface area contributed by atoms with Crippen LogP contribution in [0.1, 0.15) is 28.1 Å². The molecule has 1 aromatic heterocycles. The van der Waals surface area contributed by atoms with Crippen LogP contribution in [-0.2, 0) is 13.1 Å². The van der Waals surface area contributed by atoms with Crippen molar-refractivity contribution in [1.29, 1.82) is 0 Å². The van der Waals surface area contributed by atoms with Gasteiger partial charge in [-0.05, 0) is 32.9 Å². The molecule has 0 spiro atoms. The number of halogens is 1. The standard InChI is InChI=1S/C19H28N4O2S.HI/c1-7-20-19(21-11-18-22-13(2)14(3)26-18)23(4)12-15-8-9-16(24-5)10-17(15)25-6;/h8-10H,7,11-12H2,1-6H3,(H,20,21);1H. The van der Waals surface area contributed by atoms with Crippen molar-refractivity contribution >= 4 is 41.3 Å². The molecule has 1 heterocycles. The van der Waals surface area contributed by atoms with E-state index in [9.17, 15) is 0 Å². The zero-order valence-electron chi connectivity index (χ0n) is 16.8. The fourth-order valence-electron chi connectivity index (χ4n) is 2.53. The number of benzene rings is 1. The molecule has 6 nitrogen and oxygen atoms in total. The van der Waals surface area contributed by atoms with Crippen LogP contribution in [0.15, 0.2) is 23.2 Å². The molecule has 0 bridgehead atoms. The Balaban J connectivity index is 0.00000364. The summed E-state index contributed by atoms with van der Waals surface area (Å²) in [7, 11) is 5.34. The summed E-state index contributed by atoms with van der Waals surface area (Å²) in [5.74, 6) is 2.43. The zero-order chi connectivity index (χ0) is 19.1. The van der Waals surface area contributed by atoms with Gasteiger partial charge in [-0.15, -0.1) is 35.3 Å². The fraction of sp³-hybridized carbons (Fsp3) is 0.474. The summed E-state index contributed by atoms with van der Waals surface area (Å²) in [4.78, 5) is 12.6. The van der Waals surface area contributed by atoms with Crippen molar-refractivity contribution in [1.82, 2.24) is 15.2 Å². The van der Waals surface area contributed by atoms with E-state index in [1.807, 2.05) is 32.2 Å². The minimum Gasteiger partial charge on any atom is -0.497 e. The molecule has 0 aliphatic carbocycles. The number of hydrogen-bond donors (Lipinski definition) is 1. The van der Waals surface area contributed by atoms with Crippen molar-refractivity contribution < 1.29 is 9.47 Å². The summed E-state index contributed by atoms with van der Waals surface area (Å²) >= 11 is 1.70. The molecule has 150 valence electrons. The number of nitrogens with zero attached hydrogens (tertiary/aromatic N) is 3. The van der Waals surface area contributed by atoms with Crippen LogP contribution in [0.2, 0.25) is 0 Å². The second kappa shape index (κ2) is 11.3. The number of rotatable bonds is 7. The van der Waals surface area contributed by atoms with E-state index in [0.29, 0.717) is 13.1 Å². The zero-order valence-corrected chi connectivity index (χ0v) is 20.0. The molecule has 0 saturated heterocycles. The van der Waals surface area contributed by atoms with E-state index in [4.69, 9.17) is 14.5 Å². The van der Waals surface area contributed by atoms with Crippen LogP contribution in [0.3, 0.4) is 0 Å². The van der Waals surface area contributed by atoms with Crippen molar-refractivity contribution in [2.75, 3.05) is 27.8 Å². The van der Waals surface area contributed by atoms with E-state index in [1.54, 1.807) is 25.6 Å². The highest BCUT2D eigenvalue weighted by Crippen LogP contribution is 2.25. The average molecular weight is 504 g/mol. The van der Waals surface area contributed by atoms with Crippen molar-refractivity contribution in [2.45, 2.75) is 33.9 Å². The van der Waals surface area contributed by atoms with Gasteiger partial charge in [-0.1, -0.05) is 0 Å². The highest BCUT2D eigenvalue weighted by molar-refractivity contribution is 14.0. The molecule has 8 heteroatoms. The van der Waals surface area contributed by atoms with E-state index in [-0.39, 0.29) is 24.0 Å². The number of aryl methyl sites for hydroxylation is 2. The molecule has 27 heavy (non-hydrogen) atoms. The fourth-order valence-corrected chi connectivity index (χ4v) is 3.39. The summed E-state index contributed by atoms with van der Waals surface area (Å²) < 4.78 is 10.8. The number of ether oxygens (including phenoxy) is 2. The molecule has 0 atom stereocenters. The van der Waals surface area contributed by atoms with E-state index < -0.39 is 0 Å². The lowest BCUT2D eigenvalue weighted by atomic mass is 10.2. The van der Waals surface area contributed by atoms with Crippen molar-refractivity contribution in [3.63, 3.8) is 0 Å². The Bertz CT molecular complexity index is 745. The van der Waals surface area contributed by atoms with Crippen LogP contribution >= 0.6 is 35.3 Å². The highest BCUT2D eigenvalue weighted by atomic mass is 127. The minimum absolute atomic E-state index is 0. The molecule has 1 aromatic carbocycles. The van der Waals surface area contributed by atoms with Gasteiger partial charge < -0.3 is 19.7 Å². The van der Waals surface area contributed by atoms with Gasteiger partial charge in [0.2, 0.25) is 0 Å². The minimum atomic E-state index is 0. The number of nitrogens with one attached hydrogen (secondary N) is 1. The first-order chi connectivity index (χ1) is 12.5. The SMILES string of the molecule is CCNC(=NCc1nc(C)c(C)s1)N(C)Cc1ccc(OC)cc1OC.I. The lowest BCUT2D eigenvalue weighted by Crippen LogP contribution is -2.38. The Morgan fingerprint density at radius 3 is 2.56 bits per heavy atom. The van der Waals surface area contributed by atoms with Gasteiger partial charge in [-0.2, -0.15) is 0 Å². The van der Waals surface area contributed by atoms with Gasteiger partial charge >= 0.3 is 0 Å². The second-order valence-electron chi connectivity index (χ2n) is 5.95. The number of hydrogen-bond acceptors (Lipinski definition) is 5. The van der Waals surface area contributed by atoms with Crippen LogP contribution in [0.25, 0.3) is 0 Å². The van der Waals surface area contributed by atoms with E-state index >= 15 is 0 Å². The summed E-state index contributed by atoms with van der Waals surface area (Å²) in [6.07, 6.45) is 0. The highest BCUT2D eigenvalue weighted by Gasteiger charge is 2.12. The smallest absolute Gasteiger partial charge is 0.194 e. The third-order valence-electron chi connectivity index (χ3n) is 4.04.